The molecule has 1 unspecified atom stereocenters. The Labute approximate surface area is 175 Å². The number of Topliss-reactive ketones (excluding diaryl/α,β-unsaturated/α-hetero) is 1. The number of aromatic nitrogens is 2. The summed E-state index contributed by atoms with van der Waals surface area (Å²) in [5, 5.41) is 21.8. The Morgan fingerprint density at radius 3 is 2.63 bits per heavy atom. The lowest BCUT2D eigenvalue weighted by Crippen LogP contribution is -2.42. The summed E-state index contributed by atoms with van der Waals surface area (Å²) in [6.07, 6.45) is 1.30. The van der Waals surface area contributed by atoms with Gasteiger partial charge in [0.05, 0.1) is 6.10 Å². The van der Waals surface area contributed by atoms with Crippen molar-refractivity contribution in [2.24, 2.45) is 0 Å². The lowest BCUT2D eigenvalue weighted by molar-refractivity contribution is -0.120. The SMILES string of the molecule is CO[Si](CCCC(=O)CC(O)CNc1nnc(SCCCS)s1)(OC)OC. The fourth-order valence-corrected chi connectivity index (χ4v) is 6.13. The molecule has 1 rings (SSSR count). The van der Waals surface area contributed by atoms with Crippen LogP contribution < -0.4 is 5.32 Å². The van der Waals surface area contributed by atoms with Gasteiger partial charge in [-0.15, -0.1) is 10.2 Å². The number of anilines is 1. The van der Waals surface area contributed by atoms with Gasteiger partial charge in [0.1, 0.15) is 5.78 Å². The quantitative estimate of drug-likeness (QED) is 0.150. The van der Waals surface area contributed by atoms with Crippen LogP contribution in [-0.2, 0) is 18.1 Å². The second kappa shape index (κ2) is 13.9. The van der Waals surface area contributed by atoms with Gasteiger partial charge in [0.15, 0.2) is 4.34 Å². The van der Waals surface area contributed by atoms with Crippen LogP contribution in [0.3, 0.4) is 0 Å². The number of aliphatic hydroxyl groups is 1. The summed E-state index contributed by atoms with van der Waals surface area (Å²) in [7, 11) is 2.01. The van der Waals surface area contributed by atoms with Crippen LogP contribution in [0.2, 0.25) is 6.04 Å². The van der Waals surface area contributed by atoms with Crippen molar-refractivity contribution in [3.05, 3.63) is 0 Å². The first kappa shape index (κ1) is 24.8. The normalized spacial score (nSPS) is 12.9. The Hall–Kier alpha value is -0.213. The van der Waals surface area contributed by atoms with Crippen LogP contribution in [0.15, 0.2) is 4.34 Å². The number of nitrogens with one attached hydrogen (secondary N) is 1. The number of hydrogen-bond acceptors (Lipinski definition) is 11. The van der Waals surface area contributed by atoms with E-state index in [1.54, 1.807) is 33.1 Å². The van der Waals surface area contributed by atoms with Crippen LogP contribution in [-0.4, -0.2) is 75.4 Å². The van der Waals surface area contributed by atoms with Crippen LogP contribution in [0.25, 0.3) is 0 Å². The third-order valence-electron chi connectivity index (χ3n) is 3.76. The van der Waals surface area contributed by atoms with Crippen molar-refractivity contribution in [2.45, 2.75) is 42.2 Å². The summed E-state index contributed by atoms with van der Waals surface area (Å²) in [6.45, 7) is 0.259. The van der Waals surface area contributed by atoms with Crippen molar-refractivity contribution in [3.8, 4) is 0 Å². The number of thioether (sulfide) groups is 1. The highest BCUT2D eigenvalue weighted by molar-refractivity contribution is 8.01. The second-order valence-electron chi connectivity index (χ2n) is 5.73. The highest BCUT2D eigenvalue weighted by Crippen LogP contribution is 2.26. The smallest absolute Gasteiger partial charge is 0.391 e. The summed E-state index contributed by atoms with van der Waals surface area (Å²) >= 11 is 7.25. The lowest BCUT2D eigenvalue weighted by atomic mass is 10.1. The molecule has 0 radical (unpaired) electrons. The summed E-state index contributed by atoms with van der Waals surface area (Å²) in [4.78, 5) is 12.0. The number of thiol groups is 1. The number of carbonyl (C=O) groups is 1. The first-order chi connectivity index (χ1) is 13.0. The molecule has 0 aromatic carbocycles. The highest BCUT2D eigenvalue weighted by atomic mass is 32.2. The van der Waals surface area contributed by atoms with E-state index < -0.39 is 14.9 Å². The largest absolute Gasteiger partial charge is 0.500 e. The molecule has 8 nitrogen and oxygen atoms in total. The standard InChI is InChI=1S/C15H29N3O5S3Si/c1-21-27(22-2,23-3)9-4-6-12(19)10-13(20)11-16-14-17-18-15(26-14)25-8-5-7-24/h13,20,24H,4-11H2,1-3H3,(H,16,17). The van der Waals surface area contributed by atoms with Gasteiger partial charge in [0.2, 0.25) is 5.13 Å². The minimum atomic E-state index is -2.64. The fraction of sp³-hybridized carbons (Fsp3) is 0.800. The molecule has 1 aromatic rings. The fourth-order valence-electron chi connectivity index (χ4n) is 2.26. The molecule has 2 N–H and O–H groups in total. The summed E-state index contributed by atoms with van der Waals surface area (Å²) < 4.78 is 16.9. The van der Waals surface area contributed by atoms with E-state index in [0.717, 1.165) is 22.3 Å². The van der Waals surface area contributed by atoms with E-state index in [1.807, 2.05) is 0 Å². The minimum Gasteiger partial charge on any atom is -0.391 e. The molecule has 27 heavy (non-hydrogen) atoms. The van der Waals surface area contributed by atoms with E-state index in [4.69, 9.17) is 13.3 Å². The third-order valence-corrected chi connectivity index (χ3v) is 9.01. The Bertz CT molecular complexity index is 540. The number of ketones is 1. The molecule has 0 saturated carbocycles. The van der Waals surface area contributed by atoms with Gasteiger partial charge in [-0.3, -0.25) is 4.79 Å². The van der Waals surface area contributed by atoms with Crippen LogP contribution in [0.4, 0.5) is 5.13 Å². The van der Waals surface area contributed by atoms with Crippen molar-refractivity contribution < 1.29 is 23.2 Å². The van der Waals surface area contributed by atoms with Crippen molar-refractivity contribution in [1.29, 1.82) is 0 Å². The Morgan fingerprint density at radius 1 is 1.30 bits per heavy atom. The molecule has 0 spiro atoms. The van der Waals surface area contributed by atoms with Gasteiger partial charge in [0, 0.05) is 52.5 Å². The molecule has 0 saturated heterocycles. The third kappa shape index (κ3) is 9.70. The number of carbonyl (C=O) groups excluding carboxylic acids is 1. The lowest BCUT2D eigenvalue weighted by Gasteiger charge is -2.24. The molecule has 156 valence electrons. The first-order valence-electron chi connectivity index (χ1n) is 8.64. The Morgan fingerprint density at radius 2 is 2.00 bits per heavy atom. The number of aliphatic hydroxyl groups excluding tert-OH is 1. The molecule has 0 aliphatic carbocycles. The Balaban J connectivity index is 2.25. The monoisotopic (exact) mass is 455 g/mol. The average Bonchev–Trinajstić information content (AvgIpc) is 3.12. The predicted octanol–water partition coefficient (Wildman–Crippen LogP) is 2.34. The van der Waals surface area contributed by atoms with Crippen molar-refractivity contribution in [3.63, 3.8) is 0 Å². The molecule has 0 aliphatic heterocycles. The van der Waals surface area contributed by atoms with Crippen molar-refractivity contribution in [2.75, 3.05) is 44.7 Å². The predicted molar refractivity (Wildman–Crippen MR) is 114 cm³/mol. The van der Waals surface area contributed by atoms with E-state index in [-0.39, 0.29) is 18.7 Å². The Kier molecular flexibility index (Phi) is 12.8. The molecule has 1 heterocycles. The van der Waals surface area contributed by atoms with E-state index >= 15 is 0 Å². The van der Waals surface area contributed by atoms with Gasteiger partial charge in [-0.1, -0.05) is 23.1 Å². The van der Waals surface area contributed by atoms with E-state index in [0.29, 0.717) is 24.0 Å². The number of hydrogen-bond donors (Lipinski definition) is 3. The number of nitrogens with zero attached hydrogens (tertiary/aromatic N) is 2. The van der Waals surface area contributed by atoms with E-state index in [2.05, 4.69) is 28.1 Å². The second-order valence-corrected chi connectivity index (χ2v) is 11.6. The van der Waals surface area contributed by atoms with Gasteiger partial charge in [-0.25, -0.2) is 0 Å². The van der Waals surface area contributed by atoms with Crippen molar-refractivity contribution >= 4 is 55.4 Å². The maximum Gasteiger partial charge on any atom is 0.500 e. The maximum atomic E-state index is 12.0. The van der Waals surface area contributed by atoms with Crippen LogP contribution in [0, 0.1) is 0 Å². The van der Waals surface area contributed by atoms with E-state index in [9.17, 15) is 9.90 Å². The van der Waals surface area contributed by atoms with Crippen LogP contribution in [0.1, 0.15) is 25.7 Å². The summed E-state index contributed by atoms with van der Waals surface area (Å²) in [5.41, 5.74) is 0. The van der Waals surface area contributed by atoms with Gasteiger partial charge in [0.25, 0.3) is 0 Å². The molecular formula is C15H29N3O5S3Si. The molecule has 12 heteroatoms. The number of rotatable bonds is 16. The molecular weight excluding hydrogens is 426 g/mol. The van der Waals surface area contributed by atoms with E-state index in [1.165, 1.54) is 11.3 Å². The minimum absolute atomic E-state index is 0.00391. The molecule has 0 fully saturated rings. The van der Waals surface area contributed by atoms with Gasteiger partial charge < -0.3 is 23.7 Å². The summed E-state index contributed by atoms with van der Waals surface area (Å²) in [6, 6.07) is 0.565. The van der Waals surface area contributed by atoms with Gasteiger partial charge in [-0.2, -0.15) is 12.6 Å². The molecule has 0 aliphatic rings. The zero-order valence-corrected chi connectivity index (χ0v) is 19.5. The summed E-state index contributed by atoms with van der Waals surface area (Å²) in [5.74, 6) is 1.80. The van der Waals surface area contributed by atoms with Gasteiger partial charge >= 0.3 is 8.80 Å². The molecule has 1 atom stereocenters. The first-order valence-corrected chi connectivity index (χ1v) is 13.0. The zero-order chi connectivity index (χ0) is 20.1. The molecule has 0 bridgehead atoms. The highest BCUT2D eigenvalue weighted by Gasteiger charge is 2.37. The maximum absolute atomic E-state index is 12.0. The average molecular weight is 456 g/mol. The van der Waals surface area contributed by atoms with Crippen LogP contribution in [0.5, 0.6) is 0 Å². The topological polar surface area (TPSA) is 103 Å². The van der Waals surface area contributed by atoms with Crippen molar-refractivity contribution in [1.82, 2.24) is 10.2 Å². The van der Waals surface area contributed by atoms with Crippen LogP contribution >= 0.6 is 35.7 Å². The zero-order valence-electron chi connectivity index (χ0n) is 16.0. The van der Waals surface area contributed by atoms with Gasteiger partial charge in [-0.05, 0) is 18.6 Å². The molecule has 0 amide bonds. The molecule has 1 aromatic heterocycles.